The summed E-state index contributed by atoms with van der Waals surface area (Å²) >= 11 is 0. The first-order valence-electron chi connectivity index (χ1n) is 7.44. The molecule has 1 amide bonds. The van der Waals surface area contributed by atoms with Gasteiger partial charge in [0.1, 0.15) is 0 Å². The Hall–Kier alpha value is -0.0300. The summed E-state index contributed by atoms with van der Waals surface area (Å²) in [6.07, 6.45) is 5.79. The Kier molecular flexibility index (Phi) is 10.6. The van der Waals surface area contributed by atoms with Crippen LogP contribution in [0.25, 0.3) is 0 Å². The average molecular weight is 326 g/mol. The zero-order valence-electron chi connectivity index (χ0n) is 12.5. The van der Waals surface area contributed by atoms with E-state index >= 15 is 0 Å². The Labute approximate surface area is 135 Å². The highest BCUT2D eigenvalue weighted by atomic mass is 35.5. The molecule has 0 unspecified atom stereocenters. The summed E-state index contributed by atoms with van der Waals surface area (Å²) in [6.45, 7) is 6.59. The lowest BCUT2D eigenvalue weighted by molar-refractivity contribution is -0.132. The van der Waals surface area contributed by atoms with Gasteiger partial charge in [0, 0.05) is 32.6 Å². The maximum absolute atomic E-state index is 11.9. The van der Waals surface area contributed by atoms with Crippen molar-refractivity contribution in [2.45, 2.75) is 32.1 Å². The van der Waals surface area contributed by atoms with Gasteiger partial charge in [0.25, 0.3) is 0 Å². The van der Waals surface area contributed by atoms with Crippen LogP contribution in [0.2, 0.25) is 0 Å². The molecule has 4 nitrogen and oxygen atoms in total. The van der Waals surface area contributed by atoms with E-state index in [9.17, 15) is 4.79 Å². The third-order valence-corrected chi connectivity index (χ3v) is 4.27. The van der Waals surface area contributed by atoms with Crippen molar-refractivity contribution in [2.24, 2.45) is 5.92 Å². The van der Waals surface area contributed by atoms with E-state index in [1.54, 1.807) is 0 Å². The van der Waals surface area contributed by atoms with Crippen molar-refractivity contribution < 1.29 is 4.79 Å². The van der Waals surface area contributed by atoms with E-state index in [1.807, 2.05) is 7.05 Å². The van der Waals surface area contributed by atoms with Gasteiger partial charge >= 0.3 is 0 Å². The number of carbonyl (C=O) groups is 1. The van der Waals surface area contributed by atoms with Crippen molar-refractivity contribution >= 4 is 30.7 Å². The van der Waals surface area contributed by atoms with Crippen LogP contribution in [0.5, 0.6) is 0 Å². The fourth-order valence-electron chi connectivity index (χ4n) is 3.09. The third kappa shape index (κ3) is 6.17. The van der Waals surface area contributed by atoms with E-state index in [2.05, 4.69) is 15.1 Å². The molecule has 2 aliphatic heterocycles. The predicted octanol–water partition coefficient (Wildman–Crippen LogP) is 1.77. The van der Waals surface area contributed by atoms with Gasteiger partial charge in [0.15, 0.2) is 0 Å². The quantitative estimate of drug-likeness (QED) is 0.836. The summed E-state index contributed by atoms with van der Waals surface area (Å²) in [5, 5.41) is 3.04. The van der Waals surface area contributed by atoms with Crippen molar-refractivity contribution in [1.29, 1.82) is 0 Å². The molecular weight excluding hydrogens is 297 g/mol. The molecule has 0 atom stereocenters. The van der Waals surface area contributed by atoms with Crippen molar-refractivity contribution in [3.8, 4) is 0 Å². The van der Waals surface area contributed by atoms with Gasteiger partial charge in [-0.2, -0.15) is 0 Å². The molecule has 2 fully saturated rings. The second-order valence-electron chi connectivity index (χ2n) is 5.69. The lowest BCUT2D eigenvalue weighted by Crippen LogP contribution is -2.41. The Morgan fingerprint density at radius 3 is 2.25 bits per heavy atom. The Balaban J connectivity index is 0.00000180. The van der Waals surface area contributed by atoms with Crippen LogP contribution in [-0.2, 0) is 4.79 Å². The highest BCUT2D eigenvalue weighted by Gasteiger charge is 2.24. The molecule has 6 heteroatoms. The van der Waals surface area contributed by atoms with Gasteiger partial charge in [0.05, 0.1) is 0 Å². The summed E-state index contributed by atoms with van der Waals surface area (Å²) in [5.74, 6) is 1.14. The van der Waals surface area contributed by atoms with Gasteiger partial charge in [0.2, 0.25) is 5.91 Å². The molecule has 0 spiro atoms. The van der Waals surface area contributed by atoms with Crippen molar-refractivity contribution in [2.75, 3.05) is 46.3 Å². The number of hydrogen-bond donors (Lipinski definition) is 1. The summed E-state index contributed by atoms with van der Waals surface area (Å²) in [7, 11) is 1.90. The molecule has 0 aliphatic carbocycles. The standard InChI is InChI=1S/C14H27N3O.2ClH/c1-15-7-4-14(18)17-10-5-13(6-11-17)12-16-8-2-3-9-16;;/h13,15H,2-12H2,1H3;2*1H. The second kappa shape index (κ2) is 10.7. The fraction of sp³-hybridized carbons (Fsp3) is 0.929. The van der Waals surface area contributed by atoms with E-state index in [0.717, 1.165) is 25.6 Å². The highest BCUT2D eigenvalue weighted by molar-refractivity contribution is 5.85. The number of nitrogens with zero attached hydrogens (tertiary/aromatic N) is 2. The highest BCUT2D eigenvalue weighted by Crippen LogP contribution is 2.20. The third-order valence-electron chi connectivity index (χ3n) is 4.27. The molecular formula is C14H29Cl2N3O. The molecule has 2 rings (SSSR count). The number of carbonyl (C=O) groups excluding carboxylic acids is 1. The SMILES string of the molecule is CNCCC(=O)N1CCC(CN2CCCC2)CC1.Cl.Cl. The minimum atomic E-state index is 0. The number of piperidine rings is 1. The van der Waals surface area contributed by atoms with Crippen LogP contribution >= 0.6 is 24.8 Å². The van der Waals surface area contributed by atoms with Crippen molar-refractivity contribution in [3.63, 3.8) is 0 Å². The molecule has 120 valence electrons. The summed E-state index contributed by atoms with van der Waals surface area (Å²) < 4.78 is 0. The van der Waals surface area contributed by atoms with Gasteiger partial charge in [-0.1, -0.05) is 0 Å². The molecule has 2 aliphatic rings. The van der Waals surface area contributed by atoms with E-state index < -0.39 is 0 Å². The van der Waals surface area contributed by atoms with E-state index in [-0.39, 0.29) is 24.8 Å². The number of halogens is 2. The maximum Gasteiger partial charge on any atom is 0.223 e. The van der Waals surface area contributed by atoms with Crippen molar-refractivity contribution in [3.05, 3.63) is 0 Å². The zero-order valence-corrected chi connectivity index (χ0v) is 14.1. The van der Waals surface area contributed by atoms with Crippen LogP contribution in [0.15, 0.2) is 0 Å². The first-order valence-corrected chi connectivity index (χ1v) is 7.44. The van der Waals surface area contributed by atoms with Crippen LogP contribution in [0.4, 0.5) is 0 Å². The van der Waals surface area contributed by atoms with Gasteiger partial charge in [-0.15, -0.1) is 24.8 Å². The topological polar surface area (TPSA) is 35.6 Å². The number of hydrogen-bond acceptors (Lipinski definition) is 3. The molecule has 0 aromatic rings. The van der Waals surface area contributed by atoms with Gasteiger partial charge in [-0.25, -0.2) is 0 Å². The Morgan fingerprint density at radius 1 is 1.10 bits per heavy atom. The predicted molar refractivity (Wildman–Crippen MR) is 88.0 cm³/mol. The normalized spacial score (nSPS) is 20.4. The molecule has 0 bridgehead atoms. The monoisotopic (exact) mass is 325 g/mol. The average Bonchev–Trinajstić information content (AvgIpc) is 2.89. The van der Waals surface area contributed by atoms with Gasteiger partial charge in [-0.3, -0.25) is 4.79 Å². The minimum Gasteiger partial charge on any atom is -0.343 e. The molecule has 0 radical (unpaired) electrons. The smallest absolute Gasteiger partial charge is 0.223 e. The molecule has 2 heterocycles. The van der Waals surface area contributed by atoms with E-state index in [4.69, 9.17) is 0 Å². The lowest BCUT2D eigenvalue weighted by Gasteiger charge is -2.34. The Bertz CT molecular complexity index is 265. The summed E-state index contributed by atoms with van der Waals surface area (Å²) in [4.78, 5) is 16.5. The largest absolute Gasteiger partial charge is 0.343 e. The maximum atomic E-state index is 11.9. The molecule has 0 saturated carbocycles. The first-order chi connectivity index (χ1) is 8.79. The minimum absolute atomic E-state index is 0. The molecule has 2 saturated heterocycles. The first kappa shape index (κ1) is 20.0. The Morgan fingerprint density at radius 2 is 1.70 bits per heavy atom. The number of rotatable bonds is 5. The van der Waals surface area contributed by atoms with Gasteiger partial charge < -0.3 is 15.1 Å². The number of amides is 1. The molecule has 0 aromatic heterocycles. The van der Waals surface area contributed by atoms with E-state index in [0.29, 0.717) is 12.3 Å². The zero-order chi connectivity index (χ0) is 12.8. The summed E-state index contributed by atoms with van der Waals surface area (Å²) in [6, 6.07) is 0. The van der Waals surface area contributed by atoms with Gasteiger partial charge in [-0.05, 0) is 51.7 Å². The van der Waals surface area contributed by atoms with E-state index in [1.165, 1.54) is 45.3 Å². The van der Waals surface area contributed by atoms with Crippen LogP contribution in [0.3, 0.4) is 0 Å². The van der Waals surface area contributed by atoms with Crippen molar-refractivity contribution in [1.82, 2.24) is 15.1 Å². The van der Waals surface area contributed by atoms with Crippen LogP contribution < -0.4 is 5.32 Å². The van der Waals surface area contributed by atoms with Crippen LogP contribution in [0.1, 0.15) is 32.1 Å². The second-order valence-corrected chi connectivity index (χ2v) is 5.69. The number of likely N-dealkylation sites (tertiary alicyclic amines) is 2. The number of nitrogens with one attached hydrogen (secondary N) is 1. The molecule has 1 N–H and O–H groups in total. The summed E-state index contributed by atoms with van der Waals surface area (Å²) in [5.41, 5.74) is 0. The van der Waals surface area contributed by atoms with Crippen LogP contribution in [0, 0.1) is 5.92 Å². The lowest BCUT2D eigenvalue weighted by atomic mass is 9.96. The molecule has 0 aromatic carbocycles. The molecule has 20 heavy (non-hydrogen) atoms. The fourth-order valence-corrected chi connectivity index (χ4v) is 3.09. The van der Waals surface area contributed by atoms with Crippen LogP contribution in [-0.4, -0.2) is 62.0 Å².